The molecule has 5 rings (SSSR count). The molecule has 4 heterocycles. The van der Waals surface area contributed by atoms with Crippen LogP contribution in [-0.2, 0) is 41.8 Å². The summed E-state index contributed by atoms with van der Waals surface area (Å²) >= 11 is 3.55. The van der Waals surface area contributed by atoms with E-state index in [0.29, 0.717) is 30.8 Å². The molecule has 1 amide bonds. The van der Waals surface area contributed by atoms with Gasteiger partial charge in [-0.15, -0.1) is 0 Å². The third-order valence-corrected chi connectivity index (χ3v) is 9.12. The van der Waals surface area contributed by atoms with E-state index < -0.39 is 30.6 Å². The van der Waals surface area contributed by atoms with Crippen LogP contribution in [-0.4, -0.2) is 66.4 Å². The monoisotopic (exact) mass is 805 g/mol. The lowest BCUT2D eigenvalue weighted by Gasteiger charge is -2.25. The summed E-state index contributed by atoms with van der Waals surface area (Å²) in [5.41, 5.74) is 3.95. The van der Waals surface area contributed by atoms with Crippen molar-refractivity contribution in [2.45, 2.75) is 85.2 Å². The van der Waals surface area contributed by atoms with Crippen molar-refractivity contribution in [3.05, 3.63) is 98.3 Å². The van der Waals surface area contributed by atoms with Gasteiger partial charge in [0.25, 0.3) is 5.56 Å². The Hall–Kier alpha value is -4.72. The van der Waals surface area contributed by atoms with Gasteiger partial charge in [0.2, 0.25) is 12.0 Å². The quantitative estimate of drug-likeness (QED) is 0.0852. The van der Waals surface area contributed by atoms with E-state index in [9.17, 15) is 24.0 Å². The molecule has 13 heteroatoms. The van der Waals surface area contributed by atoms with Gasteiger partial charge in [-0.1, -0.05) is 92.6 Å². The van der Waals surface area contributed by atoms with Crippen LogP contribution < -0.4 is 21.5 Å². The zero-order chi connectivity index (χ0) is 39.9. The van der Waals surface area contributed by atoms with Gasteiger partial charge in [0, 0.05) is 21.0 Å². The zero-order valence-corrected chi connectivity index (χ0v) is 33.7. The first-order valence-electron chi connectivity index (χ1n) is 18.1. The maximum absolute atomic E-state index is 13.4. The predicted octanol–water partition coefficient (Wildman–Crippen LogP) is 5.85. The number of benzene rings is 1. The van der Waals surface area contributed by atoms with E-state index in [1.165, 1.54) is 6.42 Å². The molecule has 1 aromatic carbocycles. The summed E-state index contributed by atoms with van der Waals surface area (Å²) in [6, 6.07) is 8.78. The fraction of sp³-hybridized carbons (Fsp3) is 0.415. The van der Waals surface area contributed by atoms with E-state index in [1.54, 1.807) is 24.7 Å². The standard InChI is InChI=1S/C27H27BrN4O6.C11H17NO.C3H8/c1-13(2)7-20(29-3)25(34)30-10-22(33)38-24-15-9-21-23-14(8-16-18(28)5-4-6-19(16)31-23)11-32(21)26(35)17(15)12-37-27(24)36;1-4-5-6-7-10(2)8-11(9-13)12-3;1-3-2/h4-6,8-9,13,20,24,29H,7,10-12H2,1-3H3,(H,30,34);4-7,9,11-12H,2,8H2,1,3H3;3H2,1-2H3/b;5-4-,7-6-;/t;11-;/m.0./s1. The van der Waals surface area contributed by atoms with E-state index in [-0.39, 0.29) is 41.2 Å². The van der Waals surface area contributed by atoms with Crippen molar-refractivity contribution in [3.63, 3.8) is 0 Å². The molecule has 2 unspecified atom stereocenters. The maximum atomic E-state index is 13.4. The Kier molecular flexibility index (Phi) is 17.2. The summed E-state index contributed by atoms with van der Waals surface area (Å²) in [5.74, 6) is -1.66. The molecule has 0 fully saturated rings. The average Bonchev–Trinajstić information content (AvgIpc) is 3.51. The van der Waals surface area contributed by atoms with Gasteiger partial charge < -0.3 is 34.8 Å². The van der Waals surface area contributed by atoms with Crippen LogP contribution in [0.5, 0.6) is 0 Å². The fourth-order valence-corrected chi connectivity index (χ4v) is 6.24. The summed E-state index contributed by atoms with van der Waals surface area (Å²) in [6.07, 6.45) is 9.68. The predicted molar refractivity (Wildman–Crippen MR) is 215 cm³/mol. The van der Waals surface area contributed by atoms with Crippen LogP contribution in [0.25, 0.3) is 22.3 Å². The number of fused-ring (bicyclic) bond motifs is 5. The number of ether oxygens (including phenoxy) is 2. The van der Waals surface area contributed by atoms with Gasteiger partial charge in [-0.05, 0) is 64.0 Å². The van der Waals surface area contributed by atoms with Gasteiger partial charge >= 0.3 is 11.9 Å². The SMILES string of the molecule is C=C(/C=C\C=C/C)C[C@@H](C=O)NC.CCC.CNC(CC(C)C)C(=O)NCC(=O)OC1C(=O)OCc2c1cc1n(c2=O)Cc2cc3c(Br)cccc3nc2-1. The normalized spacial score (nSPS) is 15.2. The third kappa shape index (κ3) is 11.4. The van der Waals surface area contributed by atoms with Crippen molar-refractivity contribution in [3.8, 4) is 11.4 Å². The number of rotatable bonds is 13. The average molecular weight is 807 g/mol. The highest BCUT2D eigenvalue weighted by Crippen LogP contribution is 2.37. The molecule has 0 radical (unpaired) electrons. The molecule has 3 N–H and O–H groups in total. The molecule has 3 atom stereocenters. The Morgan fingerprint density at radius 2 is 1.87 bits per heavy atom. The van der Waals surface area contributed by atoms with Crippen LogP contribution in [0.1, 0.15) is 76.7 Å². The molecular weight excluding hydrogens is 754 g/mol. The molecule has 0 spiro atoms. The number of amides is 1. The number of hydrogen-bond acceptors (Lipinski definition) is 10. The van der Waals surface area contributed by atoms with Crippen LogP contribution in [0, 0.1) is 5.92 Å². The molecule has 54 heavy (non-hydrogen) atoms. The number of aldehydes is 1. The van der Waals surface area contributed by atoms with Crippen molar-refractivity contribution >= 4 is 51.0 Å². The molecule has 2 aliphatic heterocycles. The van der Waals surface area contributed by atoms with Crippen LogP contribution in [0.4, 0.5) is 0 Å². The number of likely N-dealkylation sites (N-methyl/N-ethyl adjacent to an activating group) is 2. The number of cyclic esters (lactones) is 1. The number of hydrogen-bond donors (Lipinski definition) is 3. The Balaban J connectivity index is 0.000000414. The summed E-state index contributed by atoms with van der Waals surface area (Å²) < 4.78 is 13.1. The highest BCUT2D eigenvalue weighted by atomic mass is 79.9. The molecule has 290 valence electrons. The van der Waals surface area contributed by atoms with Gasteiger partial charge in [-0.25, -0.2) is 9.78 Å². The lowest BCUT2D eigenvalue weighted by Crippen LogP contribution is -2.45. The van der Waals surface area contributed by atoms with E-state index >= 15 is 0 Å². The molecule has 0 aliphatic carbocycles. The van der Waals surface area contributed by atoms with Crippen LogP contribution in [0.2, 0.25) is 0 Å². The highest BCUT2D eigenvalue weighted by molar-refractivity contribution is 9.10. The van der Waals surface area contributed by atoms with E-state index in [1.807, 2.05) is 69.3 Å². The van der Waals surface area contributed by atoms with Gasteiger partial charge in [0.15, 0.2) is 0 Å². The van der Waals surface area contributed by atoms with Gasteiger partial charge in [0.05, 0.1) is 41.1 Å². The van der Waals surface area contributed by atoms with Crippen molar-refractivity contribution in [2.24, 2.45) is 5.92 Å². The Morgan fingerprint density at radius 1 is 1.15 bits per heavy atom. The number of carbonyl (C=O) groups excluding carboxylic acids is 4. The molecule has 0 bridgehead atoms. The Morgan fingerprint density at radius 3 is 2.50 bits per heavy atom. The van der Waals surface area contributed by atoms with E-state index in [0.717, 1.165) is 32.8 Å². The molecule has 12 nitrogen and oxygen atoms in total. The Labute approximate surface area is 325 Å². The third-order valence-electron chi connectivity index (χ3n) is 8.43. The number of nitrogens with one attached hydrogen (secondary N) is 3. The topological polar surface area (TPSA) is 158 Å². The van der Waals surface area contributed by atoms with Gasteiger partial charge in [-0.2, -0.15) is 0 Å². The van der Waals surface area contributed by atoms with E-state index in [4.69, 9.17) is 14.5 Å². The number of nitrogens with zero attached hydrogens (tertiary/aromatic N) is 2. The van der Waals surface area contributed by atoms with Crippen molar-refractivity contribution in [1.29, 1.82) is 0 Å². The van der Waals surface area contributed by atoms with Crippen molar-refractivity contribution in [1.82, 2.24) is 25.5 Å². The summed E-state index contributed by atoms with van der Waals surface area (Å²) in [4.78, 5) is 66.4. The first-order valence-corrected chi connectivity index (χ1v) is 18.9. The summed E-state index contributed by atoms with van der Waals surface area (Å²) in [7, 11) is 3.44. The molecule has 3 aromatic rings. The second kappa shape index (κ2) is 21.2. The first kappa shape index (κ1) is 43.7. The molecule has 2 aromatic heterocycles. The first-order chi connectivity index (χ1) is 25.8. The smallest absolute Gasteiger partial charge is 0.352 e. The number of aromatic nitrogens is 2. The summed E-state index contributed by atoms with van der Waals surface area (Å²) in [6.45, 7) is 13.7. The lowest BCUT2D eigenvalue weighted by atomic mass is 10.00. The van der Waals surface area contributed by atoms with Crippen molar-refractivity contribution in [2.75, 3.05) is 20.6 Å². The van der Waals surface area contributed by atoms with Gasteiger partial charge in [-0.3, -0.25) is 14.4 Å². The second-order valence-electron chi connectivity index (χ2n) is 13.3. The molecule has 2 aliphatic rings. The molecule has 0 saturated heterocycles. The largest absolute Gasteiger partial charge is 0.458 e. The number of carbonyl (C=O) groups is 4. The minimum atomic E-state index is -1.42. The number of halogens is 1. The fourth-order valence-electron chi connectivity index (χ4n) is 5.77. The summed E-state index contributed by atoms with van der Waals surface area (Å²) in [5, 5.41) is 9.29. The maximum Gasteiger partial charge on any atom is 0.352 e. The van der Waals surface area contributed by atoms with Gasteiger partial charge in [0.1, 0.15) is 19.4 Å². The number of allylic oxidation sites excluding steroid dienone is 4. The lowest BCUT2D eigenvalue weighted by molar-refractivity contribution is -0.171. The van der Waals surface area contributed by atoms with Crippen LogP contribution in [0.3, 0.4) is 0 Å². The molecular formula is C41H52BrN5O7. The van der Waals surface area contributed by atoms with Crippen molar-refractivity contribution < 1.29 is 28.7 Å². The van der Waals surface area contributed by atoms with Crippen LogP contribution >= 0.6 is 15.9 Å². The minimum absolute atomic E-state index is 0.122. The minimum Gasteiger partial charge on any atom is -0.458 e. The van der Waals surface area contributed by atoms with Crippen LogP contribution in [0.15, 0.2) is 76.1 Å². The highest BCUT2D eigenvalue weighted by Gasteiger charge is 2.37. The Bertz CT molecular complexity index is 1950. The number of pyridine rings is 2. The zero-order valence-electron chi connectivity index (χ0n) is 32.2. The molecule has 0 saturated carbocycles. The van der Waals surface area contributed by atoms with E-state index in [2.05, 4.69) is 52.3 Å². The second-order valence-corrected chi connectivity index (χ2v) is 14.2. The number of esters is 2.